The van der Waals surface area contributed by atoms with E-state index in [0.717, 1.165) is 22.5 Å². The number of carbonyl (C=O) groups is 1. The number of halogens is 2. The maximum Gasteiger partial charge on any atom is 0.307 e. The monoisotopic (exact) mass is 321 g/mol. The Morgan fingerprint density at radius 3 is 2.75 bits per heavy atom. The zero-order valence-corrected chi connectivity index (χ0v) is 12.0. The van der Waals surface area contributed by atoms with Crippen molar-refractivity contribution in [2.24, 2.45) is 5.92 Å². The van der Waals surface area contributed by atoms with Crippen LogP contribution in [0.15, 0.2) is 23.1 Å². The molecule has 0 saturated carbocycles. The zero-order chi connectivity index (χ0) is 14.9. The molecule has 0 amide bonds. The van der Waals surface area contributed by atoms with Gasteiger partial charge < -0.3 is 5.11 Å². The van der Waals surface area contributed by atoms with Crippen LogP contribution in [0.4, 0.5) is 4.39 Å². The summed E-state index contributed by atoms with van der Waals surface area (Å²) in [7, 11) is -3.85. The normalized spacial score (nSPS) is 20.8. The molecule has 0 aromatic heterocycles. The molecule has 0 spiro atoms. The third kappa shape index (κ3) is 2.94. The predicted octanol–water partition coefficient (Wildman–Crippen LogP) is 1.96. The number of benzene rings is 1. The number of aliphatic carboxylic acids is 1. The van der Waals surface area contributed by atoms with Crippen LogP contribution in [0.1, 0.15) is 12.8 Å². The molecule has 1 heterocycles. The van der Waals surface area contributed by atoms with Crippen LogP contribution in [0, 0.1) is 11.7 Å². The summed E-state index contributed by atoms with van der Waals surface area (Å²) in [6, 6.07) is 3.14. The second-order valence-corrected chi connectivity index (χ2v) is 6.96. The van der Waals surface area contributed by atoms with Crippen molar-refractivity contribution in [3.63, 3.8) is 0 Å². The maximum absolute atomic E-state index is 13.1. The van der Waals surface area contributed by atoms with E-state index in [-0.39, 0.29) is 23.0 Å². The molecule has 1 fully saturated rings. The summed E-state index contributed by atoms with van der Waals surface area (Å²) in [5.41, 5.74) is 0. The number of carboxylic acid groups (broad SMARTS) is 1. The lowest BCUT2D eigenvalue weighted by molar-refractivity contribution is -0.142. The Labute approximate surface area is 121 Å². The van der Waals surface area contributed by atoms with E-state index in [9.17, 15) is 17.6 Å². The molecule has 5 nitrogen and oxygen atoms in total. The average Bonchev–Trinajstić information content (AvgIpc) is 2.42. The van der Waals surface area contributed by atoms with Gasteiger partial charge in [-0.3, -0.25) is 4.79 Å². The van der Waals surface area contributed by atoms with Crippen molar-refractivity contribution >= 4 is 27.6 Å². The van der Waals surface area contributed by atoms with Crippen LogP contribution in [-0.4, -0.2) is 36.9 Å². The van der Waals surface area contributed by atoms with Gasteiger partial charge in [0.15, 0.2) is 0 Å². The molecule has 1 atom stereocenters. The lowest BCUT2D eigenvalue weighted by Gasteiger charge is -2.29. The highest BCUT2D eigenvalue weighted by Gasteiger charge is 2.33. The molecule has 8 heteroatoms. The van der Waals surface area contributed by atoms with Crippen LogP contribution in [0.5, 0.6) is 0 Å². The van der Waals surface area contributed by atoms with Gasteiger partial charge in [0.25, 0.3) is 0 Å². The Morgan fingerprint density at radius 1 is 1.45 bits per heavy atom. The summed E-state index contributed by atoms with van der Waals surface area (Å²) in [6.07, 6.45) is 0.927. The number of sulfonamides is 1. The highest BCUT2D eigenvalue weighted by Crippen LogP contribution is 2.26. The standard InChI is InChI=1S/C12H13ClFNO4S/c13-10-6-9(3-4-11(10)14)20(18,19)15-5-1-2-8(7-15)12(16)17/h3-4,6,8H,1-2,5,7H2,(H,16,17)/t8-/m1/s1. The molecular weight excluding hydrogens is 309 g/mol. The Kier molecular flexibility index (Phi) is 4.31. The first-order valence-electron chi connectivity index (χ1n) is 6.00. The molecule has 2 rings (SSSR count). The maximum atomic E-state index is 13.1. The van der Waals surface area contributed by atoms with Gasteiger partial charge >= 0.3 is 5.97 Å². The van der Waals surface area contributed by atoms with Gasteiger partial charge in [-0.05, 0) is 31.0 Å². The lowest BCUT2D eigenvalue weighted by Crippen LogP contribution is -2.42. The van der Waals surface area contributed by atoms with Crippen LogP contribution < -0.4 is 0 Å². The van der Waals surface area contributed by atoms with Gasteiger partial charge in [-0.25, -0.2) is 12.8 Å². The summed E-state index contributed by atoms with van der Waals surface area (Å²) in [5, 5.41) is 8.70. The largest absolute Gasteiger partial charge is 0.481 e. The number of nitrogens with zero attached hydrogens (tertiary/aromatic N) is 1. The smallest absolute Gasteiger partial charge is 0.307 e. The molecule has 20 heavy (non-hydrogen) atoms. The Balaban J connectivity index is 2.29. The molecule has 1 saturated heterocycles. The summed E-state index contributed by atoms with van der Waals surface area (Å²) < 4.78 is 38.9. The van der Waals surface area contributed by atoms with Crippen LogP contribution in [0.2, 0.25) is 5.02 Å². The molecular formula is C12H13ClFNO4S. The average molecular weight is 322 g/mol. The minimum Gasteiger partial charge on any atom is -0.481 e. The van der Waals surface area contributed by atoms with Gasteiger partial charge in [-0.2, -0.15) is 4.31 Å². The molecule has 0 radical (unpaired) electrons. The van der Waals surface area contributed by atoms with Crippen molar-refractivity contribution in [1.82, 2.24) is 4.31 Å². The van der Waals surface area contributed by atoms with E-state index in [1.807, 2.05) is 0 Å². The Bertz CT molecular complexity index is 634. The summed E-state index contributed by atoms with van der Waals surface area (Å²) >= 11 is 5.59. The van der Waals surface area contributed by atoms with E-state index in [1.165, 1.54) is 0 Å². The second-order valence-electron chi connectivity index (χ2n) is 4.62. The van der Waals surface area contributed by atoms with Crippen LogP contribution in [-0.2, 0) is 14.8 Å². The van der Waals surface area contributed by atoms with Gasteiger partial charge in [0.05, 0.1) is 15.8 Å². The van der Waals surface area contributed by atoms with Gasteiger partial charge in [0.2, 0.25) is 10.0 Å². The van der Waals surface area contributed by atoms with Crippen LogP contribution in [0.25, 0.3) is 0 Å². The quantitative estimate of drug-likeness (QED) is 0.923. The van der Waals surface area contributed by atoms with Crippen molar-refractivity contribution in [3.05, 3.63) is 29.0 Å². The molecule has 1 aliphatic rings. The van der Waals surface area contributed by atoms with Crippen LogP contribution in [0.3, 0.4) is 0 Å². The Hall–Kier alpha value is -1.18. The van der Waals surface area contributed by atoms with Crippen molar-refractivity contribution in [2.45, 2.75) is 17.7 Å². The van der Waals surface area contributed by atoms with Crippen molar-refractivity contribution in [2.75, 3.05) is 13.1 Å². The van der Waals surface area contributed by atoms with Gasteiger partial charge in [-0.1, -0.05) is 11.6 Å². The minimum atomic E-state index is -3.85. The van der Waals surface area contributed by atoms with Crippen molar-refractivity contribution in [1.29, 1.82) is 0 Å². The van der Waals surface area contributed by atoms with Gasteiger partial charge in [-0.15, -0.1) is 0 Å². The lowest BCUT2D eigenvalue weighted by atomic mass is 10.0. The fourth-order valence-corrected chi connectivity index (χ4v) is 3.94. The summed E-state index contributed by atoms with van der Waals surface area (Å²) in [6.45, 7) is 0.174. The highest BCUT2D eigenvalue weighted by atomic mass is 35.5. The number of rotatable bonds is 3. The number of hydrogen-bond acceptors (Lipinski definition) is 3. The topological polar surface area (TPSA) is 74.7 Å². The second kappa shape index (κ2) is 5.67. The van der Waals surface area contributed by atoms with E-state index in [2.05, 4.69) is 0 Å². The zero-order valence-electron chi connectivity index (χ0n) is 10.4. The van der Waals surface area contributed by atoms with E-state index in [4.69, 9.17) is 16.7 Å². The molecule has 1 aromatic rings. The predicted molar refractivity (Wildman–Crippen MR) is 70.5 cm³/mol. The molecule has 1 N–H and O–H groups in total. The molecule has 0 unspecified atom stereocenters. The SMILES string of the molecule is O=C(O)[C@@H]1CCCN(S(=O)(=O)c2ccc(F)c(Cl)c2)C1. The van der Waals surface area contributed by atoms with Gasteiger partial charge in [0, 0.05) is 13.1 Å². The molecule has 1 aromatic carbocycles. The first kappa shape index (κ1) is 15.2. The third-order valence-corrected chi connectivity index (χ3v) is 5.41. The van der Waals surface area contributed by atoms with Crippen molar-refractivity contribution < 1.29 is 22.7 Å². The summed E-state index contributed by atoms with van der Waals surface area (Å²) in [4.78, 5) is 10.8. The van der Waals surface area contributed by atoms with E-state index in [0.29, 0.717) is 12.8 Å². The molecule has 0 aliphatic carbocycles. The van der Waals surface area contributed by atoms with E-state index >= 15 is 0 Å². The molecule has 110 valence electrons. The van der Waals surface area contributed by atoms with E-state index < -0.39 is 27.7 Å². The fraction of sp³-hybridized carbons (Fsp3) is 0.417. The summed E-state index contributed by atoms with van der Waals surface area (Å²) in [5.74, 6) is -2.43. The fourth-order valence-electron chi connectivity index (χ4n) is 2.15. The van der Waals surface area contributed by atoms with Gasteiger partial charge in [0.1, 0.15) is 5.82 Å². The molecule has 1 aliphatic heterocycles. The highest BCUT2D eigenvalue weighted by molar-refractivity contribution is 7.89. The van der Waals surface area contributed by atoms with Crippen molar-refractivity contribution in [3.8, 4) is 0 Å². The Morgan fingerprint density at radius 2 is 2.15 bits per heavy atom. The number of carboxylic acids is 1. The number of hydrogen-bond donors (Lipinski definition) is 1. The minimum absolute atomic E-state index is 0.0767. The molecule has 0 bridgehead atoms. The number of piperidine rings is 1. The third-order valence-electron chi connectivity index (χ3n) is 3.26. The first-order chi connectivity index (χ1) is 9.32. The van der Waals surface area contributed by atoms with E-state index in [1.54, 1.807) is 0 Å². The first-order valence-corrected chi connectivity index (χ1v) is 7.82. The van der Waals surface area contributed by atoms with Crippen LogP contribution >= 0.6 is 11.6 Å².